The molecule has 1 aromatic rings. The lowest BCUT2D eigenvalue weighted by molar-refractivity contribution is 0.413. The summed E-state index contributed by atoms with van der Waals surface area (Å²) in [5.41, 5.74) is 0.947. The monoisotopic (exact) mass is 271 g/mol. The first-order valence-corrected chi connectivity index (χ1v) is 7.68. The van der Waals surface area contributed by atoms with Gasteiger partial charge < -0.3 is 4.74 Å². The number of hydrogen-bond acceptors (Lipinski definition) is 3. The second-order valence-corrected chi connectivity index (χ2v) is 6.56. The predicted molar refractivity (Wildman–Crippen MR) is 73.2 cm³/mol. The van der Waals surface area contributed by atoms with Gasteiger partial charge in [0, 0.05) is 6.04 Å². The van der Waals surface area contributed by atoms with Crippen molar-refractivity contribution in [1.82, 2.24) is 4.72 Å². The van der Waals surface area contributed by atoms with Gasteiger partial charge in [-0.2, -0.15) is 0 Å². The van der Waals surface area contributed by atoms with E-state index in [9.17, 15) is 8.42 Å². The van der Waals surface area contributed by atoms with Crippen LogP contribution in [0, 0.1) is 5.92 Å². The molecule has 0 bridgehead atoms. The fourth-order valence-electron chi connectivity index (χ4n) is 1.68. The zero-order valence-electron chi connectivity index (χ0n) is 11.3. The number of sulfonamides is 1. The number of benzene rings is 1. The number of hydrogen-bond donors (Lipinski definition) is 1. The molecule has 1 atom stereocenters. The van der Waals surface area contributed by atoms with E-state index in [1.54, 1.807) is 14.0 Å². The van der Waals surface area contributed by atoms with Crippen molar-refractivity contribution in [3.63, 3.8) is 0 Å². The normalized spacial score (nSPS) is 13.6. The highest BCUT2D eigenvalue weighted by atomic mass is 32.2. The van der Waals surface area contributed by atoms with Gasteiger partial charge in [-0.15, -0.1) is 0 Å². The Kier molecular flexibility index (Phi) is 5.16. The molecule has 0 fully saturated rings. The third-order valence-corrected chi connectivity index (χ3v) is 4.20. The van der Waals surface area contributed by atoms with Gasteiger partial charge in [0.25, 0.3) is 0 Å². The van der Waals surface area contributed by atoms with Crippen molar-refractivity contribution in [2.24, 2.45) is 5.92 Å². The summed E-state index contributed by atoms with van der Waals surface area (Å²) in [7, 11) is -1.60. The van der Waals surface area contributed by atoms with Gasteiger partial charge in [0.05, 0.1) is 12.9 Å². The summed E-state index contributed by atoms with van der Waals surface area (Å²) in [6, 6.07) is 7.25. The molecule has 5 heteroatoms. The highest BCUT2D eigenvalue weighted by Crippen LogP contribution is 2.24. The number of nitrogens with one attached hydrogen (secondary N) is 1. The average Bonchev–Trinajstić information content (AvgIpc) is 2.36. The van der Waals surface area contributed by atoms with Crippen LogP contribution >= 0.6 is 0 Å². The molecule has 0 amide bonds. The van der Waals surface area contributed by atoms with Crippen molar-refractivity contribution in [1.29, 1.82) is 0 Å². The average molecular weight is 271 g/mol. The van der Waals surface area contributed by atoms with Crippen molar-refractivity contribution in [3.05, 3.63) is 29.8 Å². The fraction of sp³-hybridized carbons (Fsp3) is 0.538. The first kappa shape index (κ1) is 15.0. The first-order valence-electron chi connectivity index (χ1n) is 6.03. The van der Waals surface area contributed by atoms with Gasteiger partial charge >= 0.3 is 0 Å². The topological polar surface area (TPSA) is 55.4 Å². The first-order chi connectivity index (χ1) is 8.39. The molecule has 0 aromatic heterocycles. The van der Waals surface area contributed by atoms with Crippen LogP contribution in [-0.2, 0) is 10.0 Å². The van der Waals surface area contributed by atoms with E-state index in [2.05, 4.69) is 4.72 Å². The predicted octanol–water partition coefficient (Wildman–Crippen LogP) is 2.33. The molecule has 4 nitrogen and oxygen atoms in total. The summed E-state index contributed by atoms with van der Waals surface area (Å²) in [6.45, 7) is 5.62. The second kappa shape index (κ2) is 6.20. The molecule has 0 heterocycles. The number of ether oxygens (including phenoxy) is 1. The van der Waals surface area contributed by atoms with Crippen molar-refractivity contribution in [2.45, 2.75) is 26.8 Å². The number of methoxy groups -OCH3 is 1. The molecule has 0 radical (unpaired) electrons. The van der Waals surface area contributed by atoms with E-state index >= 15 is 0 Å². The van der Waals surface area contributed by atoms with Gasteiger partial charge in [-0.25, -0.2) is 13.1 Å². The molecule has 102 valence electrons. The van der Waals surface area contributed by atoms with E-state index in [1.807, 2.05) is 38.1 Å². The van der Waals surface area contributed by atoms with Crippen LogP contribution in [0.5, 0.6) is 5.75 Å². The third kappa shape index (κ3) is 3.99. The van der Waals surface area contributed by atoms with Crippen LogP contribution in [0.1, 0.15) is 32.4 Å². The highest BCUT2D eigenvalue weighted by molar-refractivity contribution is 7.89. The minimum absolute atomic E-state index is 0.0897. The summed E-state index contributed by atoms with van der Waals surface area (Å²) >= 11 is 0. The summed E-state index contributed by atoms with van der Waals surface area (Å²) < 4.78 is 31.2. The Bertz CT molecular complexity index is 466. The van der Waals surface area contributed by atoms with Crippen LogP contribution in [0.3, 0.4) is 0 Å². The Balaban J connectivity index is 2.97. The highest BCUT2D eigenvalue weighted by Gasteiger charge is 2.21. The molecule has 1 unspecified atom stereocenters. The van der Waals surface area contributed by atoms with Crippen molar-refractivity contribution in [3.8, 4) is 5.75 Å². The summed E-state index contributed by atoms with van der Waals surface area (Å²) in [5.74, 6) is 1.03. The quantitative estimate of drug-likeness (QED) is 0.864. The van der Waals surface area contributed by atoms with Crippen molar-refractivity contribution >= 4 is 10.0 Å². The van der Waals surface area contributed by atoms with Gasteiger partial charge in [0.2, 0.25) is 10.0 Å². The van der Waals surface area contributed by atoms with Crippen LogP contribution < -0.4 is 9.46 Å². The Hall–Kier alpha value is -1.07. The van der Waals surface area contributed by atoms with E-state index in [0.717, 1.165) is 11.3 Å². The Labute approximate surface area is 109 Å². The van der Waals surface area contributed by atoms with Crippen LogP contribution in [0.4, 0.5) is 0 Å². The zero-order valence-corrected chi connectivity index (χ0v) is 12.1. The largest absolute Gasteiger partial charge is 0.497 e. The second-order valence-electron chi connectivity index (χ2n) is 4.52. The molecular weight excluding hydrogens is 250 g/mol. The molecule has 18 heavy (non-hydrogen) atoms. The molecule has 0 aliphatic heterocycles. The van der Waals surface area contributed by atoms with Crippen LogP contribution in [0.15, 0.2) is 24.3 Å². The maximum absolute atomic E-state index is 11.7. The molecule has 0 aliphatic carbocycles. The van der Waals surface area contributed by atoms with Gasteiger partial charge in [0.15, 0.2) is 0 Å². The number of rotatable bonds is 6. The summed E-state index contributed by atoms with van der Waals surface area (Å²) in [4.78, 5) is 0. The lowest BCUT2D eigenvalue weighted by atomic mass is 9.97. The lowest BCUT2D eigenvalue weighted by Gasteiger charge is -2.22. The van der Waals surface area contributed by atoms with Crippen LogP contribution in [-0.4, -0.2) is 21.3 Å². The standard InChI is InChI=1S/C13H21NO3S/c1-5-18(15,16)14-13(10(2)3)11-6-8-12(17-4)9-7-11/h6-10,13-14H,5H2,1-4H3. The fourth-order valence-corrected chi connectivity index (χ4v) is 2.64. The van der Waals surface area contributed by atoms with Crippen LogP contribution in [0.2, 0.25) is 0 Å². The molecular formula is C13H21NO3S. The van der Waals surface area contributed by atoms with Gasteiger partial charge in [-0.05, 0) is 30.5 Å². The lowest BCUT2D eigenvalue weighted by Crippen LogP contribution is -2.32. The Morgan fingerprint density at radius 1 is 1.22 bits per heavy atom. The third-order valence-electron chi connectivity index (χ3n) is 2.83. The molecule has 0 saturated carbocycles. The zero-order chi connectivity index (χ0) is 13.8. The van der Waals surface area contributed by atoms with E-state index in [4.69, 9.17) is 4.74 Å². The minimum Gasteiger partial charge on any atom is -0.497 e. The van der Waals surface area contributed by atoms with Crippen molar-refractivity contribution in [2.75, 3.05) is 12.9 Å². The SMILES string of the molecule is CCS(=O)(=O)NC(c1ccc(OC)cc1)C(C)C. The molecule has 0 saturated heterocycles. The Morgan fingerprint density at radius 3 is 2.17 bits per heavy atom. The smallest absolute Gasteiger partial charge is 0.211 e. The molecule has 1 rings (SSSR count). The molecule has 0 spiro atoms. The van der Waals surface area contributed by atoms with Crippen LogP contribution in [0.25, 0.3) is 0 Å². The maximum atomic E-state index is 11.7. The molecule has 1 N–H and O–H groups in total. The minimum atomic E-state index is -3.21. The van der Waals surface area contributed by atoms with E-state index in [0.29, 0.717) is 0 Å². The summed E-state index contributed by atoms with van der Waals surface area (Å²) in [5, 5.41) is 0. The van der Waals surface area contributed by atoms with Gasteiger partial charge in [-0.1, -0.05) is 26.0 Å². The van der Waals surface area contributed by atoms with E-state index < -0.39 is 10.0 Å². The van der Waals surface area contributed by atoms with E-state index in [1.165, 1.54) is 0 Å². The Morgan fingerprint density at radius 2 is 1.78 bits per heavy atom. The maximum Gasteiger partial charge on any atom is 0.211 e. The molecule has 1 aromatic carbocycles. The van der Waals surface area contributed by atoms with Gasteiger partial charge in [-0.3, -0.25) is 0 Å². The van der Waals surface area contributed by atoms with Crippen molar-refractivity contribution < 1.29 is 13.2 Å². The van der Waals surface area contributed by atoms with E-state index in [-0.39, 0.29) is 17.7 Å². The molecule has 0 aliphatic rings. The van der Waals surface area contributed by atoms with Gasteiger partial charge in [0.1, 0.15) is 5.75 Å². The summed E-state index contributed by atoms with van der Waals surface area (Å²) in [6.07, 6.45) is 0.